The van der Waals surface area contributed by atoms with Crippen LogP contribution in [0, 0.1) is 0 Å². The molecule has 0 radical (unpaired) electrons. The number of carbonyl (C=O) groups is 2. The molecule has 0 unspecified atom stereocenters. The molecule has 0 aromatic rings. The van der Waals surface area contributed by atoms with E-state index in [9.17, 15) is 9.59 Å². The molecule has 0 atom stereocenters. The predicted octanol–water partition coefficient (Wildman–Crippen LogP) is 14.5. The Labute approximate surface area is 266 Å². The first-order chi connectivity index (χ1) is 20.6. The van der Waals surface area contributed by atoms with Crippen LogP contribution in [0.2, 0.25) is 0 Å². The van der Waals surface area contributed by atoms with Gasteiger partial charge in [-0.2, -0.15) is 0 Å². The van der Waals surface area contributed by atoms with Crippen molar-refractivity contribution in [3.8, 4) is 0 Å². The van der Waals surface area contributed by atoms with Crippen LogP contribution in [0.4, 0.5) is 0 Å². The van der Waals surface area contributed by atoms with Crippen LogP contribution >= 0.6 is 0 Å². The number of hydrogen-bond acceptors (Lipinski definition) is 2. The van der Waals surface area contributed by atoms with E-state index in [4.69, 9.17) is 0 Å². The van der Waals surface area contributed by atoms with Crippen LogP contribution in [-0.4, -0.2) is 11.6 Å². The molecule has 0 aromatic heterocycles. The third-order valence-corrected chi connectivity index (χ3v) is 8.75. The molecule has 2 nitrogen and oxygen atoms in total. The predicted molar refractivity (Wildman–Crippen MR) is 190 cm³/mol. The number of Topliss-reactive ketones (excluding diaryl/α,β-unsaturated/α-hetero) is 2. The van der Waals surface area contributed by atoms with E-state index in [1.54, 1.807) is 6.92 Å². The molecule has 0 heterocycles. The first-order valence-corrected chi connectivity index (χ1v) is 19.6. The van der Waals surface area contributed by atoms with Gasteiger partial charge in [0.1, 0.15) is 11.6 Å². The van der Waals surface area contributed by atoms with Gasteiger partial charge < -0.3 is 4.79 Å². The summed E-state index contributed by atoms with van der Waals surface area (Å²) in [6, 6.07) is 0. The topological polar surface area (TPSA) is 34.1 Å². The van der Waals surface area contributed by atoms with Crippen LogP contribution in [-0.2, 0) is 9.59 Å². The van der Waals surface area contributed by atoms with E-state index >= 15 is 0 Å². The van der Waals surface area contributed by atoms with Crippen molar-refractivity contribution >= 4 is 11.6 Å². The number of unbranched alkanes of at least 4 members (excludes halogenated alkanes) is 28. The average Bonchev–Trinajstić information content (AvgIpc) is 2.98. The van der Waals surface area contributed by atoms with Gasteiger partial charge in [-0.05, 0) is 26.2 Å². The maximum atomic E-state index is 11.8. The minimum Gasteiger partial charge on any atom is -0.300 e. The molecule has 0 spiro atoms. The van der Waals surface area contributed by atoms with E-state index in [0.29, 0.717) is 11.6 Å². The zero-order valence-electron chi connectivity index (χ0n) is 29.9. The lowest BCUT2D eigenvalue weighted by atomic mass is 10.0. The Kier molecular flexibility index (Phi) is 41.8. The third-order valence-electron chi connectivity index (χ3n) is 8.75. The Morgan fingerprint density at radius 2 is 0.476 bits per heavy atom. The molecular weight excluding hydrogens is 512 g/mol. The van der Waals surface area contributed by atoms with Gasteiger partial charge in [-0.15, -0.1) is 0 Å². The van der Waals surface area contributed by atoms with E-state index in [1.807, 2.05) is 0 Å². The summed E-state index contributed by atoms with van der Waals surface area (Å²) in [6.45, 7) is 8.50. The maximum absolute atomic E-state index is 11.8. The van der Waals surface area contributed by atoms with Crippen LogP contribution in [0.5, 0.6) is 0 Å². The van der Waals surface area contributed by atoms with E-state index in [2.05, 4.69) is 20.8 Å². The molecule has 0 aliphatic heterocycles. The quantitative estimate of drug-likeness (QED) is 0.0696. The van der Waals surface area contributed by atoms with E-state index in [1.165, 1.54) is 180 Å². The number of rotatable bonds is 34. The Morgan fingerprint density at radius 1 is 0.286 bits per heavy atom. The van der Waals surface area contributed by atoms with Crippen LogP contribution in [0.1, 0.15) is 246 Å². The summed E-state index contributed by atoms with van der Waals surface area (Å²) in [4.78, 5) is 22.5. The minimum absolute atomic E-state index is 0.348. The molecule has 0 aliphatic carbocycles. The van der Waals surface area contributed by atoms with Gasteiger partial charge in [0.05, 0.1) is 0 Å². The largest absolute Gasteiger partial charge is 0.300 e. The van der Waals surface area contributed by atoms with Crippen LogP contribution < -0.4 is 0 Å². The van der Waals surface area contributed by atoms with Crippen molar-refractivity contribution in [3.63, 3.8) is 0 Å². The summed E-state index contributed by atoms with van der Waals surface area (Å²) in [5.41, 5.74) is 0. The molecular formula is C40H80O2. The number of carbonyl (C=O) groups excluding carboxylic acids is 2. The number of hydrogen-bond donors (Lipinski definition) is 0. The maximum Gasteiger partial charge on any atom is 0.132 e. The van der Waals surface area contributed by atoms with Gasteiger partial charge in [-0.25, -0.2) is 0 Å². The first kappa shape index (κ1) is 43.5. The molecule has 0 aliphatic rings. The van der Waals surface area contributed by atoms with Gasteiger partial charge in [0.15, 0.2) is 0 Å². The fourth-order valence-corrected chi connectivity index (χ4v) is 5.78. The summed E-state index contributed by atoms with van der Waals surface area (Å²) in [5, 5.41) is 0. The third kappa shape index (κ3) is 43.8. The van der Waals surface area contributed by atoms with Gasteiger partial charge in [-0.3, -0.25) is 4.79 Å². The summed E-state index contributed by atoms with van der Waals surface area (Å²) in [6.07, 6.45) is 44.4. The van der Waals surface area contributed by atoms with Crippen molar-refractivity contribution in [2.45, 2.75) is 246 Å². The zero-order valence-corrected chi connectivity index (χ0v) is 29.9. The smallest absolute Gasteiger partial charge is 0.132 e. The molecule has 0 fully saturated rings. The van der Waals surface area contributed by atoms with Crippen molar-refractivity contribution in [2.24, 2.45) is 0 Å². The first-order valence-electron chi connectivity index (χ1n) is 19.6. The fourth-order valence-electron chi connectivity index (χ4n) is 5.78. The second kappa shape index (κ2) is 40.3. The van der Waals surface area contributed by atoms with Crippen molar-refractivity contribution < 1.29 is 9.59 Å². The molecule has 0 amide bonds. The molecule has 2 heteroatoms. The molecule has 0 rings (SSSR count). The minimum atomic E-state index is 0.348. The van der Waals surface area contributed by atoms with Crippen molar-refractivity contribution in [3.05, 3.63) is 0 Å². The van der Waals surface area contributed by atoms with Gasteiger partial charge in [0.2, 0.25) is 0 Å². The molecule has 0 bridgehead atoms. The Bertz CT molecular complexity index is 512. The molecule has 42 heavy (non-hydrogen) atoms. The highest BCUT2D eigenvalue weighted by atomic mass is 16.1. The molecule has 0 saturated heterocycles. The monoisotopic (exact) mass is 593 g/mol. The molecule has 0 N–H and O–H groups in total. The lowest BCUT2D eigenvalue weighted by Crippen LogP contribution is -1.97. The standard InChI is InChI=1S/2C20H40O/c1-3-4-5-6-7-8-9-10-11-12-13-14-15-16-17-18-19-20(2)21;1-3-5-7-9-11-13-15-17-19-20(21)18-16-14-12-10-8-6-4-2/h2*3-19H2,1-2H3. The normalized spacial score (nSPS) is 11.0. The second-order valence-corrected chi connectivity index (χ2v) is 13.4. The molecule has 0 aromatic carbocycles. The van der Waals surface area contributed by atoms with Crippen LogP contribution in [0.15, 0.2) is 0 Å². The van der Waals surface area contributed by atoms with Crippen molar-refractivity contribution in [2.75, 3.05) is 0 Å². The van der Waals surface area contributed by atoms with Gasteiger partial charge in [0.25, 0.3) is 0 Å². The van der Waals surface area contributed by atoms with E-state index < -0.39 is 0 Å². The Balaban J connectivity index is 0. The van der Waals surface area contributed by atoms with Crippen molar-refractivity contribution in [1.29, 1.82) is 0 Å². The Morgan fingerprint density at radius 3 is 0.690 bits per heavy atom. The van der Waals surface area contributed by atoms with E-state index in [0.717, 1.165) is 38.5 Å². The summed E-state index contributed by atoms with van der Waals surface area (Å²) in [7, 11) is 0. The average molecular weight is 593 g/mol. The van der Waals surface area contributed by atoms with Gasteiger partial charge in [0, 0.05) is 19.3 Å². The van der Waals surface area contributed by atoms with Crippen LogP contribution in [0.3, 0.4) is 0 Å². The fraction of sp³-hybridized carbons (Fsp3) is 0.950. The molecule has 252 valence electrons. The summed E-state index contributed by atoms with van der Waals surface area (Å²) < 4.78 is 0. The van der Waals surface area contributed by atoms with Crippen molar-refractivity contribution in [1.82, 2.24) is 0 Å². The highest BCUT2D eigenvalue weighted by molar-refractivity contribution is 5.78. The Hall–Kier alpha value is -0.660. The van der Waals surface area contributed by atoms with Crippen LogP contribution in [0.25, 0.3) is 0 Å². The SMILES string of the molecule is CCCCCCCCCCC(=O)CCCCCCCCC.CCCCCCCCCCCCCCCCCCC(C)=O. The summed E-state index contributed by atoms with van der Waals surface area (Å²) >= 11 is 0. The highest BCUT2D eigenvalue weighted by Crippen LogP contribution is 2.15. The lowest BCUT2D eigenvalue weighted by Gasteiger charge is -2.03. The molecule has 0 saturated carbocycles. The van der Waals surface area contributed by atoms with E-state index in [-0.39, 0.29) is 0 Å². The highest BCUT2D eigenvalue weighted by Gasteiger charge is 2.02. The second-order valence-electron chi connectivity index (χ2n) is 13.4. The van der Waals surface area contributed by atoms with Gasteiger partial charge in [-0.1, -0.05) is 201 Å². The lowest BCUT2D eigenvalue weighted by molar-refractivity contribution is -0.119. The van der Waals surface area contributed by atoms with Gasteiger partial charge >= 0.3 is 0 Å². The number of ketones is 2. The zero-order chi connectivity index (χ0) is 31.2. The summed E-state index contributed by atoms with van der Waals surface area (Å²) in [5.74, 6) is 0.856.